The first-order chi connectivity index (χ1) is 9.11. The number of carboxylic acid groups (broad SMARTS) is 1. The van der Waals surface area contributed by atoms with Crippen LogP contribution in [-0.2, 0) is 4.74 Å². The van der Waals surface area contributed by atoms with Gasteiger partial charge in [-0.2, -0.15) is 0 Å². The van der Waals surface area contributed by atoms with E-state index in [0.29, 0.717) is 0 Å². The van der Waals surface area contributed by atoms with Gasteiger partial charge in [-0.1, -0.05) is 12.1 Å². The van der Waals surface area contributed by atoms with Crippen molar-refractivity contribution in [1.29, 1.82) is 0 Å². The average molecular weight is 287 g/mol. The second kappa shape index (κ2) is 5.85. The van der Waals surface area contributed by atoms with E-state index in [1.54, 1.807) is 20.8 Å². The highest BCUT2D eigenvalue weighted by molar-refractivity contribution is 6.00. The van der Waals surface area contributed by atoms with Gasteiger partial charge in [0.05, 0.1) is 11.3 Å². The molecule has 5 nitrogen and oxygen atoms in total. The molecule has 0 unspecified atom stereocenters. The molecule has 110 valence electrons. The molecule has 1 aromatic carbocycles. The number of halogens is 2. The van der Waals surface area contributed by atoms with Crippen molar-refractivity contribution in [2.75, 3.05) is 5.32 Å². The smallest absolute Gasteiger partial charge is 0.412 e. The molecule has 0 saturated carbocycles. The van der Waals surface area contributed by atoms with E-state index in [-0.39, 0.29) is 5.69 Å². The van der Waals surface area contributed by atoms with Gasteiger partial charge in [0, 0.05) is 5.56 Å². The van der Waals surface area contributed by atoms with Crippen molar-refractivity contribution in [2.45, 2.75) is 32.8 Å². The summed E-state index contributed by atoms with van der Waals surface area (Å²) in [6, 6.07) is 3.45. The molecule has 0 spiro atoms. The fraction of sp³-hybridized carbons (Fsp3) is 0.385. The third kappa shape index (κ3) is 4.18. The predicted octanol–water partition coefficient (Wildman–Crippen LogP) is 3.67. The van der Waals surface area contributed by atoms with Crippen LogP contribution in [-0.4, -0.2) is 22.8 Å². The van der Waals surface area contributed by atoms with E-state index in [1.165, 1.54) is 12.1 Å². The largest absolute Gasteiger partial charge is 0.478 e. The molecule has 0 fully saturated rings. The maximum atomic E-state index is 12.8. The number of alkyl halides is 2. The lowest BCUT2D eigenvalue weighted by molar-refractivity contribution is 0.0635. The number of ether oxygens (including phenoxy) is 1. The Morgan fingerprint density at radius 3 is 2.35 bits per heavy atom. The molecular weight excluding hydrogens is 272 g/mol. The number of carboxylic acids is 1. The Bertz CT molecular complexity index is 524. The summed E-state index contributed by atoms with van der Waals surface area (Å²) in [6.45, 7) is 4.88. The van der Waals surface area contributed by atoms with Crippen molar-refractivity contribution in [1.82, 2.24) is 0 Å². The van der Waals surface area contributed by atoms with Crippen LogP contribution in [0.25, 0.3) is 0 Å². The molecule has 0 aliphatic heterocycles. The first-order valence-electron chi connectivity index (χ1n) is 5.76. The van der Waals surface area contributed by atoms with E-state index < -0.39 is 35.2 Å². The number of carbonyl (C=O) groups excluding carboxylic acids is 1. The van der Waals surface area contributed by atoms with Crippen LogP contribution in [0.15, 0.2) is 18.2 Å². The van der Waals surface area contributed by atoms with Gasteiger partial charge in [0.1, 0.15) is 5.60 Å². The number of hydrogen-bond acceptors (Lipinski definition) is 3. The standard InChI is InChI=1S/C13H15F2NO4/c1-13(2,3)20-12(19)16-8-6-4-5-7(10(14)15)9(8)11(17)18/h4-6,10H,1-3H3,(H,16,19)(H,17,18). The summed E-state index contributed by atoms with van der Waals surface area (Å²) in [5.41, 5.74) is -2.32. The summed E-state index contributed by atoms with van der Waals surface area (Å²) in [4.78, 5) is 22.7. The maximum absolute atomic E-state index is 12.8. The quantitative estimate of drug-likeness (QED) is 0.889. The monoisotopic (exact) mass is 287 g/mol. The van der Waals surface area contributed by atoms with E-state index >= 15 is 0 Å². The lowest BCUT2D eigenvalue weighted by atomic mass is 10.1. The van der Waals surface area contributed by atoms with Crippen LogP contribution in [0, 0.1) is 0 Å². The van der Waals surface area contributed by atoms with Crippen molar-refractivity contribution >= 4 is 17.7 Å². The Labute approximate surface area is 114 Å². The minimum Gasteiger partial charge on any atom is -0.478 e. The first-order valence-corrected chi connectivity index (χ1v) is 5.76. The van der Waals surface area contributed by atoms with Gasteiger partial charge in [0.15, 0.2) is 0 Å². The number of amides is 1. The molecule has 2 N–H and O–H groups in total. The van der Waals surface area contributed by atoms with E-state index in [9.17, 15) is 18.4 Å². The predicted molar refractivity (Wildman–Crippen MR) is 68.2 cm³/mol. The van der Waals surface area contributed by atoms with Gasteiger partial charge in [-0.3, -0.25) is 5.32 Å². The molecule has 0 heterocycles. The zero-order valence-corrected chi connectivity index (χ0v) is 11.2. The van der Waals surface area contributed by atoms with E-state index in [1.807, 2.05) is 0 Å². The van der Waals surface area contributed by atoms with Gasteiger partial charge in [-0.05, 0) is 26.8 Å². The van der Waals surface area contributed by atoms with Crippen LogP contribution < -0.4 is 5.32 Å². The molecule has 1 amide bonds. The lowest BCUT2D eigenvalue weighted by Crippen LogP contribution is -2.28. The van der Waals surface area contributed by atoms with Crippen LogP contribution >= 0.6 is 0 Å². The van der Waals surface area contributed by atoms with E-state index in [0.717, 1.165) is 6.07 Å². The summed E-state index contributed by atoms with van der Waals surface area (Å²) < 4.78 is 30.5. The minimum absolute atomic E-state index is 0.232. The molecule has 0 aliphatic carbocycles. The Morgan fingerprint density at radius 2 is 1.90 bits per heavy atom. The summed E-state index contributed by atoms with van der Waals surface area (Å²) in [7, 11) is 0. The number of carbonyl (C=O) groups is 2. The van der Waals surface area contributed by atoms with Gasteiger partial charge in [0.25, 0.3) is 6.43 Å². The van der Waals surface area contributed by atoms with Crippen molar-refractivity contribution in [3.8, 4) is 0 Å². The van der Waals surface area contributed by atoms with Crippen LogP contribution in [0.3, 0.4) is 0 Å². The molecule has 7 heteroatoms. The van der Waals surface area contributed by atoms with Crippen LogP contribution in [0.2, 0.25) is 0 Å². The number of rotatable bonds is 3. The van der Waals surface area contributed by atoms with Gasteiger partial charge in [-0.25, -0.2) is 18.4 Å². The SMILES string of the molecule is CC(C)(C)OC(=O)Nc1cccc(C(F)F)c1C(=O)O. The van der Waals surface area contributed by atoms with Gasteiger partial charge in [-0.15, -0.1) is 0 Å². The zero-order chi connectivity index (χ0) is 15.5. The molecule has 20 heavy (non-hydrogen) atoms. The Balaban J connectivity index is 3.10. The highest BCUT2D eigenvalue weighted by Gasteiger charge is 2.24. The van der Waals surface area contributed by atoms with Gasteiger partial charge >= 0.3 is 12.1 Å². The van der Waals surface area contributed by atoms with Crippen LogP contribution in [0.4, 0.5) is 19.3 Å². The molecule has 0 saturated heterocycles. The molecular formula is C13H15F2NO4. The van der Waals surface area contributed by atoms with Crippen LogP contribution in [0.1, 0.15) is 43.1 Å². The second-order valence-corrected chi connectivity index (χ2v) is 5.00. The van der Waals surface area contributed by atoms with Crippen molar-refractivity contribution in [3.05, 3.63) is 29.3 Å². The Kier molecular flexibility index (Phi) is 4.65. The lowest BCUT2D eigenvalue weighted by Gasteiger charge is -2.20. The van der Waals surface area contributed by atoms with Crippen molar-refractivity contribution in [3.63, 3.8) is 0 Å². The average Bonchev–Trinajstić information content (AvgIpc) is 2.25. The van der Waals surface area contributed by atoms with Gasteiger partial charge in [0.2, 0.25) is 0 Å². The summed E-state index contributed by atoms with van der Waals surface area (Å²) in [6.07, 6.45) is -3.87. The zero-order valence-electron chi connectivity index (χ0n) is 11.2. The molecule has 0 aliphatic rings. The third-order valence-corrected chi connectivity index (χ3v) is 2.18. The number of aromatic carboxylic acids is 1. The third-order valence-electron chi connectivity index (χ3n) is 2.18. The molecule has 1 aromatic rings. The minimum atomic E-state index is -2.96. The number of nitrogens with one attached hydrogen (secondary N) is 1. The fourth-order valence-corrected chi connectivity index (χ4v) is 1.51. The van der Waals surface area contributed by atoms with Crippen molar-refractivity contribution in [2.24, 2.45) is 0 Å². The number of benzene rings is 1. The van der Waals surface area contributed by atoms with Gasteiger partial charge < -0.3 is 9.84 Å². The first kappa shape index (κ1) is 15.9. The van der Waals surface area contributed by atoms with Crippen molar-refractivity contribution < 1.29 is 28.2 Å². The highest BCUT2D eigenvalue weighted by Crippen LogP contribution is 2.28. The summed E-state index contributed by atoms with van der Waals surface area (Å²) in [5, 5.41) is 11.2. The summed E-state index contributed by atoms with van der Waals surface area (Å²) >= 11 is 0. The number of hydrogen-bond donors (Lipinski definition) is 2. The molecule has 0 atom stereocenters. The molecule has 1 rings (SSSR count). The fourth-order valence-electron chi connectivity index (χ4n) is 1.51. The number of anilines is 1. The Morgan fingerprint density at radius 1 is 1.30 bits per heavy atom. The normalized spacial score (nSPS) is 11.3. The Hall–Kier alpha value is -2.18. The topological polar surface area (TPSA) is 75.6 Å². The van der Waals surface area contributed by atoms with E-state index in [4.69, 9.17) is 9.84 Å². The second-order valence-electron chi connectivity index (χ2n) is 5.00. The highest BCUT2D eigenvalue weighted by atomic mass is 19.3. The molecule has 0 bridgehead atoms. The molecule has 0 radical (unpaired) electrons. The summed E-state index contributed by atoms with van der Waals surface area (Å²) in [5.74, 6) is -1.55. The molecule has 0 aromatic heterocycles. The maximum Gasteiger partial charge on any atom is 0.412 e. The van der Waals surface area contributed by atoms with E-state index in [2.05, 4.69) is 5.32 Å². The van der Waals surface area contributed by atoms with Crippen LogP contribution in [0.5, 0.6) is 0 Å².